The van der Waals surface area contributed by atoms with E-state index >= 15 is 0 Å². The van der Waals surface area contributed by atoms with Crippen LogP contribution in [0.15, 0.2) is 67.0 Å². The summed E-state index contributed by atoms with van der Waals surface area (Å²) in [5.41, 5.74) is 2.85. The predicted molar refractivity (Wildman–Crippen MR) is 142 cm³/mol. The van der Waals surface area contributed by atoms with E-state index in [9.17, 15) is 9.59 Å². The zero-order valence-electron chi connectivity index (χ0n) is 21.3. The molecule has 1 spiro atoms. The van der Waals surface area contributed by atoms with Gasteiger partial charge in [-0.3, -0.25) is 14.6 Å². The number of likely N-dealkylation sites (tertiary alicyclic amines) is 1. The van der Waals surface area contributed by atoms with E-state index in [1.807, 2.05) is 48.5 Å². The van der Waals surface area contributed by atoms with Crippen molar-refractivity contribution in [2.45, 2.75) is 24.9 Å². The minimum atomic E-state index is -0.609. The Balaban J connectivity index is 1.19. The maximum absolute atomic E-state index is 13.4. The molecule has 1 saturated heterocycles. The number of piperidine rings is 1. The number of ether oxygens (including phenoxy) is 3. The van der Waals surface area contributed by atoms with Crippen LogP contribution in [-0.2, 0) is 0 Å². The van der Waals surface area contributed by atoms with Gasteiger partial charge in [0.05, 0.1) is 31.7 Å². The van der Waals surface area contributed by atoms with Crippen molar-refractivity contribution in [2.75, 3.05) is 27.3 Å². The van der Waals surface area contributed by atoms with E-state index in [0.29, 0.717) is 66.4 Å². The van der Waals surface area contributed by atoms with Crippen molar-refractivity contribution in [3.05, 3.63) is 78.2 Å². The lowest BCUT2D eigenvalue weighted by atomic mass is 9.82. The van der Waals surface area contributed by atoms with Crippen LogP contribution in [-0.4, -0.2) is 59.5 Å². The van der Waals surface area contributed by atoms with Gasteiger partial charge in [0.15, 0.2) is 5.78 Å². The second-order valence-corrected chi connectivity index (χ2v) is 9.72. The largest absolute Gasteiger partial charge is 0.497 e. The maximum atomic E-state index is 13.4. The molecule has 0 N–H and O–H groups in total. The fourth-order valence-corrected chi connectivity index (χ4v) is 5.34. The first-order chi connectivity index (χ1) is 18.5. The molecule has 1 amide bonds. The molecule has 6 rings (SSSR count). The average Bonchev–Trinajstić information content (AvgIpc) is 2.96. The molecule has 4 heterocycles. The van der Waals surface area contributed by atoms with Crippen LogP contribution in [0.4, 0.5) is 0 Å². The van der Waals surface area contributed by atoms with Gasteiger partial charge in [-0.05, 0) is 42.0 Å². The molecule has 0 bridgehead atoms. The highest BCUT2D eigenvalue weighted by Gasteiger charge is 2.44. The summed E-state index contributed by atoms with van der Waals surface area (Å²) in [7, 11) is 3.17. The van der Waals surface area contributed by atoms with Crippen molar-refractivity contribution in [1.82, 2.24) is 14.9 Å². The molecule has 2 aliphatic rings. The summed E-state index contributed by atoms with van der Waals surface area (Å²) in [6.45, 7) is 0.944. The van der Waals surface area contributed by atoms with Gasteiger partial charge in [-0.1, -0.05) is 12.1 Å². The Labute approximate surface area is 220 Å². The molecule has 8 nitrogen and oxygen atoms in total. The number of amides is 1. The summed E-state index contributed by atoms with van der Waals surface area (Å²) in [6, 6.07) is 16.7. The van der Waals surface area contributed by atoms with Crippen LogP contribution in [0.25, 0.3) is 22.0 Å². The molecule has 38 heavy (non-hydrogen) atoms. The molecule has 1 fully saturated rings. The first-order valence-corrected chi connectivity index (χ1v) is 12.6. The molecule has 0 radical (unpaired) electrons. The van der Waals surface area contributed by atoms with Crippen molar-refractivity contribution in [2.24, 2.45) is 0 Å². The molecule has 0 atom stereocenters. The Hall–Kier alpha value is -4.46. The molecular formula is C30H27N3O5. The number of hydrogen-bond donors (Lipinski definition) is 0. The normalized spacial score (nSPS) is 16.2. The van der Waals surface area contributed by atoms with Crippen molar-refractivity contribution >= 4 is 22.6 Å². The van der Waals surface area contributed by atoms with Gasteiger partial charge in [0.25, 0.3) is 5.91 Å². The molecule has 2 aliphatic heterocycles. The summed E-state index contributed by atoms with van der Waals surface area (Å²) >= 11 is 0. The first-order valence-electron chi connectivity index (χ1n) is 12.6. The van der Waals surface area contributed by atoms with Gasteiger partial charge in [0.2, 0.25) is 0 Å². The first kappa shape index (κ1) is 23.9. The second-order valence-electron chi connectivity index (χ2n) is 9.72. The second kappa shape index (κ2) is 9.45. The molecule has 2 aromatic heterocycles. The van der Waals surface area contributed by atoms with Crippen molar-refractivity contribution in [1.29, 1.82) is 0 Å². The minimum Gasteiger partial charge on any atom is -0.497 e. The van der Waals surface area contributed by atoms with E-state index in [-0.39, 0.29) is 11.7 Å². The Morgan fingerprint density at radius 1 is 1.00 bits per heavy atom. The fraction of sp³-hybridized carbons (Fsp3) is 0.267. The third-order valence-electron chi connectivity index (χ3n) is 7.46. The summed E-state index contributed by atoms with van der Waals surface area (Å²) in [6.07, 6.45) is 4.93. The molecule has 0 unspecified atom stereocenters. The number of Topliss-reactive ketones (excluding diaryl/α,β-unsaturated/α-hetero) is 1. The van der Waals surface area contributed by atoms with Crippen LogP contribution >= 0.6 is 0 Å². The highest BCUT2D eigenvalue weighted by Crippen LogP contribution is 2.41. The van der Waals surface area contributed by atoms with Crippen molar-refractivity contribution in [3.8, 4) is 28.4 Å². The highest BCUT2D eigenvalue weighted by molar-refractivity contribution is 6.01. The lowest BCUT2D eigenvalue weighted by Gasteiger charge is -2.44. The van der Waals surface area contributed by atoms with Crippen LogP contribution < -0.4 is 14.2 Å². The van der Waals surface area contributed by atoms with Gasteiger partial charge in [-0.25, -0.2) is 4.98 Å². The topological polar surface area (TPSA) is 90.9 Å². The lowest BCUT2D eigenvalue weighted by Crippen LogP contribution is -2.52. The summed E-state index contributed by atoms with van der Waals surface area (Å²) in [5, 5.41) is 0.778. The van der Waals surface area contributed by atoms with Gasteiger partial charge in [-0.2, -0.15) is 0 Å². The third kappa shape index (κ3) is 4.22. The highest BCUT2D eigenvalue weighted by atomic mass is 16.5. The van der Waals surface area contributed by atoms with Gasteiger partial charge < -0.3 is 19.1 Å². The number of hydrogen-bond acceptors (Lipinski definition) is 7. The lowest BCUT2D eigenvalue weighted by molar-refractivity contribution is -0.00583. The molecule has 0 saturated carbocycles. The van der Waals surface area contributed by atoms with E-state index in [2.05, 4.69) is 9.97 Å². The van der Waals surface area contributed by atoms with E-state index < -0.39 is 5.60 Å². The molecule has 0 aliphatic carbocycles. The number of methoxy groups -OCH3 is 2. The number of carbonyl (C=O) groups is 2. The average molecular weight is 510 g/mol. The zero-order valence-corrected chi connectivity index (χ0v) is 21.3. The summed E-state index contributed by atoms with van der Waals surface area (Å²) in [4.78, 5) is 37.2. The van der Waals surface area contributed by atoms with Gasteiger partial charge in [0, 0.05) is 55.3 Å². The standard InChI is InChI=1S/C30H27N3O5/c1-36-21-6-7-24-22(15-21)28(37-2)16-25(32-24)29(35)33-12-9-30(10-13-33)17-26(34)23-14-19(5-8-27(23)38-30)20-4-3-11-31-18-20/h3-8,11,14-16,18H,9-10,12-13,17H2,1-2H3. The van der Waals surface area contributed by atoms with E-state index in [1.54, 1.807) is 37.6 Å². The number of ketones is 1. The quantitative estimate of drug-likeness (QED) is 0.384. The summed E-state index contributed by atoms with van der Waals surface area (Å²) < 4.78 is 17.3. The minimum absolute atomic E-state index is 0.0631. The number of fused-ring (bicyclic) bond motifs is 2. The molecular weight excluding hydrogens is 482 g/mol. The van der Waals surface area contributed by atoms with Gasteiger partial charge in [0.1, 0.15) is 28.5 Å². The van der Waals surface area contributed by atoms with Crippen molar-refractivity contribution in [3.63, 3.8) is 0 Å². The Bertz CT molecular complexity index is 1540. The van der Waals surface area contributed by atoms with Crippen LogP contribution in [0.3, 0.4) is 0 Å². The number of carbonyl (C=O) groups excluding carboxylic acids is 2. The number of benzene rings is 2. The third-order valence-corrected chi connectivity index (χ3v) is 7.46. The van der Waals surface area contributed by atoms with Gasteiger partial charge in [-0.15, -0.1) is 0 Å². The molecule has 2 aromatic carbocycles. The monoisotopic (exact) mass is 509 g/mol. The predicted octanol–water partition coefficient (Wildman–Crippen LogP) is 4.95. The smallest absolute Gasteiger partial charge is 0.272 e. The Morgan fingerprint density at radius 3 is 2.58 bits per heavy atom. The number of aromatic nitrogens is 2. The van der Waals surface area contributed by atoms with Crippen LogP contribution in [0.2, 0.25) is 0 Å². The van der Waals surface area contributed by atoms with Crippen molar-refractivity contribution < 1.29 is 23.8 Å². The van der Waals surface area contributed by atoms with Crippen LogP contribution in [0.5, 0.6) is 17.2 Å². The maximum Gasteiger partial charge on any atom is 0.272 e. The Kier molecular flexibility index (Phi) is 5.94. The molecule has 8 heteroatoms. The van der Waals surface area contributed by atoms with E-state index in [1.165, 1.54) is 0 Å². The van der Waals surface area contributed by atoms with Gasteiger partial charge >= 0.3 is 0 Å². The van der Waals surface area contributed by atoms with E-state index in [0.717, 1.165) is 16.5 Å². The molecule has 192 valence electrons. The Morgan fingerprint density at radius 2 is 1.84 bits per heavy atom. The van der Waals surface area contributed by atoms with Crippen LogP contribution in [0.1, 0.15) is 40.1 Å². The van der Waals surface area contributed by atoms with Crippen LogP contribution in [0, 0.1) is 0 Å². The van der Waals surface area contributed by atoms with E-state index in [4.69, 9.17) is 14.2 Å². The summed E-state index contributed by atoms with van der Waals surface area (Å²) in [5.74, 6) is 1.75. The molecule has 4 aromatic rings. The SMILES string of the molecule is COc1ccc2nc(C(=O)N3CCC4(CC3)CC(=O)c3cc(-c5cccnc5)ccc3O4)cc(OC)c2c1. The number of pyridine rings is 2. The number of nitrogens with zero attached hydrogens (tertiary/aromatic N) is 3. The number of rotatable bonds is 4. The fourth-order valence-electron chi connectivity index (χ4n) is 5.34. The zero-order chi connectivity index (χ0) is 26.3.